The smallest absolute Gasteiger partial charge is 0.182 e. The van der Waals surface area contributed by atoms with Gasteiger partial charge in [0.05, 0.1) is 10.0 Å². The topological polar surface area (TPSA) is 25.8 Å². The Morgan fingerprint density at radius 2 is 0.880 bits per heavy atom. The summed E-state index contributed by atoms with van der Waals surface area (Å²) in [7, 11) is 0. The van der Waals surface area contributed by atoms with Gasteiger partial charge in [0.15, 0.2) is 5.65 Å². The summed E-state index contributed by atoms with van der Waals surface area (Å²) in [6, 6.07) is 0. The molecule has 0 radical (unpaired) electrons. The van der Waals surface area contributed by atoms with Gasteiger partial charge < -0.3 is 0 Å². The molecule has 0 aliphatic carbocycles. The van der Waals surface area contributed by atoms with Crippen LogP contribution < -0.4 is 0 Å². The summed E-state index contributed by atoms with van der Waals surface area (Å²) in [5.74, 6) is 0. The highest BCUT2D eigenvalue weighted by Crippen LogP contribution is 2.26. The molecule has 0 saturated heterocycles. The van der Waals surface area contributed by atoms with Crippen LogP contribution in [0.15, 0.2) is 0 Å². The molecule has 0 aromatic carbocycles. The molecule has 25 heavy (non-hydrogen) atoms. The van der Waals surface area contributed by atoms with E-state index in [9.17, 15) is 0 Å². The summed E-state index contributed by atoms with van der Waals surface area (Å²) < 4.78 is 1.25. The molecular formula is C21H40N2S2. The van der Waals surface area contributed by atoms with E-state index in [1.165, 1.54) is 74.6 Å². The fourth-order valence-electron chi connectivity index (χ4n) is 2.37. The van der Waals surface area contributed by atoms with Crippen molar-refractivity contribution in [3.63, 3.8) is 0 Å². The molecule has 2 rings (SSSR count). The number of hydrogen-bond acceptors (Lipinski definition) is 4. The summed E-state index contributed by atoms with van der Waals surface area (Å²) in [5.41, 5.74) is 0.921. The maximum absolute atomic E-state index is 4.25. The minimum absolute atomic E-state index is 0.921. The van der Waals surface area contributed by atoms with Crippen LogP contribution in [0.4, 0.5) is 0 Å². The van der Waals surface area contributed by atoms with E-state index < -0.39 is 0 Å². The first-order valence-electron chi connectivity index (χ1n) is 10.3. The molecular weight excluding hydrogens is 344 g/mol. The lowest BCUT2D eigenvalue weighted by Crippen LogP contribution is -1.73. The Labute approximate surface area is 164 Å². The highest BCUT2D eigenvalue weighted by molar-refractivity contribution is 7.37. The molecule has 0 N–H and O–H groups in total. The molecule has 0 spiro atoms. The maximum atomic E-state index is 4.25. The van der Waals surface area contributed by atoms with Crippen molar-refractivity contribution in [3.05, 3.63) is 10.0 Å². The van der Waals surface area contributed by atoms with Crippen LogP contribution in [-0.2, 0) is 0 Å². The zero-order valence-electron chi connectivity index (χ0n) is 17.5. The lowest BCUT2D eigenvalue weighted by atomic mass is 10.1. The second-order valence-electron chi connectivity index (χ2n) is 6.55. The number of aryl methyl sites for hydroxylation is 2. The van der Waals surface area contributed by atoms with Gasteiger partial charge in [-0.05, 0) is 13.8 Å². The average Bonchev–Trinajstić information content (AvgIpc) is 3.09. The molecule has 0 amide bonds. The second-order valence-corrected chi connectivity index (χ2v) is 9.22. The van der Waals surface area contributed by atoms with E-state index >= 15 is 0 Å². The molecule has 0 aliphatic rings. The number of aromatic nitrogens is 2. The van der Waals surface area contributed by atoms with E-state index in [1.807, 2.05) is 13.8 Å². The molecule has 0 bridgehead atoms. The van der Waals surface area contributed by atoms with Crippen molar-refractivity contribution < 1.29 is 0 Å². The van der Waals surface area contributed by atoms with Crippen LogP contribution >= 0.6 is 22.7 Å². The zero-order valence-corrected chi connectivity index (χ0v) is 19.1. The maximum Gasteiger partial charge on any atom is 0.182 e. The molecule has 0 fully saturated rings. The standard InChI is InChI=1S/C8H18.C7H16.C6H6N2S2/c1-3-5-7-8-6-4-2;1-3-5-7-6-4-2;1-3-7-5-6(9-3)10-4(2)8-5/h3-8H2,1-2H3;3-7H2,1-2H3;1-2H3. The molecule has 0 atom stereocenters. The second kappa shape index (κ2) is 17.0. The minimum Gasteiger partial charge on any atom is -0.221 e. The Morgan fingerprint density at radius 1 is 0.560 bits per heavy atom. The van der Waals surface area contributed by atoms with Crippen LogP contribution in [0.1, 0.15) is 108 Å². The normalized spacial score (nSPS) is 10.2. The van der Waals surface area contributed by atoms with Crippen LogP contribution in [0.25, 0.3) is 9.66 Å². The van der Waals surface area contributed by atoms with Crippen LogP contribution in [0.2, 0.25) is 0 Å². The predicted octanol–water partition coefficient (Wildman–Crippen LogP) is 8.71. The monoisotopic (exact) mass is 384 g/mol. The van der Waals surface area contributed by atoms with Gasteiger partial charge in [0.1, 0.15) is 4.01 Å². The Bertz CT molecular complexity index is 444. The van der Waals surface area contributed by atoms with Crippen molar-refractivity contribution in [2.24, 2.45) is 0 Å². The Hall–Kier alpha value is -0.480. The third-order valence-corrected chi connectivity index (χ3v) is 5.86. The number of rotatable bonds is 9. The SMILES string of the molecule is CCCCCCC.CCCCCCCC.Cc1nc2nc(C)sc2s1. The lowest BCUT2D eigenvalue weighted by molar-refractivity contribution is 0.624. The predicted molar refractivity (Wildman–Crippen MR) is 118 cm³/mol. The van der Waals surface area contributed by atoms with Gasteiger partial charge in [0.2, 0.25) is 0 Å². The zero-order chi connectivity index (χ0) is 18.9. The molecule has 0 unspecified atom stereocenters. The van der Waals surface area contributed by atoms with E-state index in [4.69, 9.17) is 0 Å². The quantitative estimate of drug-likeness (QED) is 0.404. The van der Waals surface area contributed by atoms with E-state index in [2.05, 4.69) is 37.7 Å². The van der Waals surface area contributed by atoms with Gasteiger partial charge in [-0.2, -0.15) is 0 Å². The summed E-state index contributed by atoms with van der Waals surface area (Å²) in [4.78, 5) is 8.50. The van der Waals surface area contributed by atoms with Crippen molar-refractivity contribution in [1.82, 2.24) is 9.97 Å². The highest BCUT2D eigenvalue weighted by Gasteiger charge is 2.03. The van der Waals surface area contributed by atoms with Crippen LogP contribution in [-0.4, -0.2) is 9.97 Å². The van der Waals surface area contributed by atoms with E-state index in [0.717, 1.165) is 15.7 Å². The molecule has 0 saturated carbocycles. The van der Waals surface area contributed by atoms with Crippen molar-refractivity contribution in [2.75, 3.05) is 0 Å². The Morgan fingerprint density at radius 3 is 1.16 bits per heavy atom. The lowest BCUT2D eigenvalue weighted by Gasteiger charge is -1.93. The Balaban J connectivity index is 0.000000355. The van der Waals surface area contributed by atoms with Gasteiger partial charge in [-0.3, -0.25) is 0 Å². The Kier molecular flexibility index (Phi) is 16.6. The highest BCUT2D eigenvalue weighted by atomic mass is 32.2. The van der Waals surface area contributed by atoms with E-state index in [-0.39, 0.29) is 0 Å². The molecule has 2 heterocycles. The largest absolute Gasteiger partial charge is 0.221 e. The summed E-state index contributed by atoms with van der Waals surface area (Å²) in [6.07, 6.45) is 15.5. The molecule has 146 valence electrons. The van der Waals surface area contributed by atoms with Gasteiger partial charge >= 0.3 is 0 Å². The molecule has 4 heteroatoms. The molecule has 2 aromatic heterocycles. The van der Waals surface area contributed by atoms with Gasteiger partial charge in [-0.25, -0.2) is 9.97 Å². The van der Waals surface area contributed by atoms with Crippen molar-refractivity contribution >= 4 is 32.3 Å². The van der Waals surface area contributed by atoms with Crippen LogP contribution in [0.5, 0.6) is 0 Å². The summed E-state index contributed by atoms with van der Waals surface area (Å²) >= 11 is 3.44. The number of nitrogens with zero attached hydrogens (tertiary/aromatic N) is 2. The fraction of sp³-hybridized carbons (Fsp3) is 0.810. The fourth-order valence-corrected chi connectivity index (χ4v) is 4.43. The summed E-state index contributed by atoms with van der Waals surface area (Å²) in [5, 5.41) is 2.21. The van der Waals surface area contributed by atoms with E-state index in [1.54, 1.807) is 22.7 Å². The van der Waals surface area contributed by atoms with Gasteiger partial charge in [-0.15, -0.1) is 22.7 Å². The average molecular weight is 385 g/mol. The third kappa shape index (κ3) is 13.4. The van der Waals surface area contributed by atoms with Gasteiger partial charge in [0, 0.05) is 0 Å². The van der Waals surface area contributed by atoms with E-state index in [0.29, 0.717) is 0 Å². The van der Waals surface area contributed by atoms with Crippen molar-refractivity contribution in [1.29, 1.82) is 0 Å². The number of unbranched alkanes of at least 4 members (excludes halogenated alkanes) is 9. The first kappa shape index (κ1) is 24.5. The van der Waals surface area contributed by atoms with Crippen molar-refractivity contribution in [2.45, 2.75) is 112 Å². The first-order chi connectivity index (χ1) is 12.1. The molecule has 0 aliphatic heterocycles. The number of fused-ring (bicyclic) bond motifs is 1. The van der Waals surface area contributed by atoms with Gasteiger partial charge in [0.25, 0.3) is 0 Å². The van der Waals surface area contributed by atoms with Crippen molar-refractivity contribution in [3.8, 4) is 0 Å². The third-order valence-electron chi connectivity index (χ3n) is 3.85. The molecule has 2 nitrogen and oxygen atoms in total. The first-order valence-corrected chi connectivity index (χ1v) is 11.9. The minimum atomic E-state index is 0.921. The number of thiazole rings is 2. The number of hydrogen-bond donors (Lipinski definition) is 0. The van der Waals surface area contributed by atoms with Crippen LogP contribution in [0, 0.1) is 13.8 Å². The summed E-state index contributed by atoms with van der Waals surface area (Å²) in [6.45, 7) is 13.0. The van der Waals surface area contributed by atoms with Crippen LogP contribution in [0.3, 0.4) is 0 Å². The molecule has 2 aromatic rings. The van der Waals surface area contributed by atoms with Gasteiger partial charge in [-0.1, -0.05) is 98.3 Å².